The van der Waals surface area contributed by atoms with Crippen LogP contribution in [0.2, 0.25) is 0 Å². The van der Waals surface area contributed by atoms with Crippen molar-refractivity contribution in [3.8, 4) is 5.75 Å². The Balaban J connectivity index is 0.00000363. The maximum absolute atomic E-state index is 5.74. The van der Waals surface area contributed by atoms with E-state index in [1.807, 2.05) is 55.9 Å². The predicted octanol–water partition coefficient (Wildman–Crippen LogP) is 4.51. The van der Waals surface area contributed by atoms with Gasteiger partial charge in [-0.15, -0.1) is 24.0 Å². The van der Waals surface area contributed by atoms with Gasteiger partial charge in [-0.05, 0) is 89.0 Å². The van der Waals surface area contributed by atoms with Crippen LogP contribution in [-0.4, -0.2) is 52.9 Å². The average molecular weight is 555 g/mol. The maximum atomic E-state index is 5.74. The van der Waals surface area contributed by atoms with Crippen molar-refractivity contribution in [1.29, 1.82) is 0 Å². The summed E-state index contributed by atoms with van der Waals surface area (Å²) in [6.07, 6.45) is 5.71. The third-order valence-corrected chi connectivity index (χ3v) is 5.63. The normalized spacial score (nSPS) is 15.5. The largest absolute Gasteiger partial charge is 0.491 e. The third kappa shape index (κ3) is 8.97. The molecule has 3 rings (SSSR count). The summed E-state index contributed by atoms with van der Waals surface area (Å²) in [5.41, 5.74) is 2.06. The quantitative estimate of drug-likeness (QED) is 0.207. The average Bonchev–Trinajstić information content (AvgIpc) is 3.16. The van der Waals surface area contributed by atoms with Gasteiger partial charge in [0.05, 0.1) is 18.3 Å². The Kier molecular flexibility index (Phi) is 11.3. The number of anilines is 1. The first-order chi connectivity index (χ1) is 15.0. The molecule has 0 amide bonds. The van der Waals surface area contributed by atoms with Gasteiger partial charge in [0.15, 0.2) is 5.96 Å². The van der Waals surface area contributed by atoms with Gasteiger partial charge in [0.25, 0.3) is 0 Å². The molecule has 0 unspecified atom stereocenters. The lowest BCUT2D eigenvalue weighted by Crippen LogP contribution is -2.36. The van der Waals surface area contributed by atoms with Crippen LogP contribution in [0.3, 0.4) is 0 Å². The van der Waals surface area contributed by atoms with Gasteiger partial charge in [-0.3, -0.25) is 4.68 Å². The Morgan fingerprint density at radius 1 is 1.19 bits per heavy atom. The topological polar surface area (TPSA) is 66.7 Å². The van der Waals surface area contributed by atoms with Crippen molar-refractivity contribution in [1.82, 2.24) is 20.0 Å². The van der Waals surface area contributed by atoms with E-state index < -0.39 is 0 Å². The van der Waals surface area contributed by atoms with Crippen LogP contribution in [-0.2, 0) is 13.6 Å². The number of aromatic nitrogens is 2. The summed E-state index contributed by atoms with van der Waals surface area (Å²) in [6, 6.07) is 10.0. The fourth-order valence-corrected chi connectivity index (χ4v) is 3.68. The first kappa shape index (κ1) is 26.4. The molecule has 1 aromatic heterocycles. The molecule has 0 bridgehead atoms. The molecule has 0 spiro atoms. The molecule has 2 aromatic rings. The molecule has 0 aliphatic carbocycles. The van der Waals surface area contributed by atoms with Crippen LogP contribution >= 0.6 is 24.0 Å². The van der Waals surface area contributed by atoms with Gasteiger partial charge in [0.1, 0.15) is 5.75 Å². The molecule has 1 fully saturated rings. The minimum absolute atomic E-state index is 0. The van der Waals surface area contributed by atoms with Crippen molar-refractivity contribution in [2.45, 2.75) is 52.7 Å². The van der Waals surface area contributed by atoms with Gasteiger partial charge in [0, 0.05) is 25.5 Å². The van der Waals surface area contributed by atoms with E-state index in [0.29, 0.717) is 6.54 Å². The molecule has 178 valence electrons. The molecule has 1 saturated heterocycles. The van der Waals surface area contributed by atoms with E-state index in [1.165, 1.54) is 25.9 Å². The van der Waals surface area contributed by atoms with E-state index >= 15 is 0 Å². The molecule has 32 heavy (non-hydrogen) atoms. The van der Waals surface area contributed by atoms with Crippen molar-refractivity contribution in [3.63, 3.8) is 0 Å². The Bertz CT molecular complexity index is 812. The van der Waals surface area contributed by atoms with Crippen molar-refractivity contribution < 1.29 is 4.74 Å². The summed E-state index contributed by atoms with van der Waals surface area (Å²) < 4.78 is 7.60. The van der Waals surface area contributed by atoms with E-state index in [9.17, 15) is 0 Å². The SMILES string of the molecule is CC1CCN(CCCNC(=NCc2ccnn2C)Nc2ccc(OC(C)C)cc2)CC1.I. The van der Waals surface area contributed by atoms with Gasteiger partial charge < -0.3 is 20.3 Å². The number of hydrogen-bond acceptors (Lipinski definition) is 4. The van der Waals surface area contributed by atoms with Gasteiger partial charge >= 0.3 is 0 Å². The maximum Gasteiger partial charge on any atom is 0.196 e. The number of guanidine groups is 1. The summed E-state index contributed by atoms with van der Waals surface area (Å²) in [7, 11) is 1.94. The van der Waals surface area contributed by atoms with Crippen molar-refractivity contribution in [2.75, 3.05) is 31.5 Å². The molecular weight excluding hydrogens is 515 g/mol. The number of benzene rings is 1. The highest BCUT2D eigenvalue weighted by molar-refractivity contribution is 14.0. The van der Waals surface area contributed by atoms with Crippen LogP contribution in [0.15, 0.2) is 41.5 Å². The molecule has 8 heteroatoms. The number of hydrogen-bond donors (Lipinski definition) is 2. The summed E-state index contributed by atoms with van der Waals surface area (Å²) >= 11 is 0. The van der Waals surface area contributed by atoms with Crippen LogP contribution in [0.5, 0.6) is 5.75 Å². The number of aryl methyl sites for hydroxylation is 1. The van der Waals surface area contributed by atoms with Crippen molar-refractivity contribution in [3.05, 3.63) is 42.2 Å². The lowest BCUT2D eigenvalue weighted by Gasteiger charge is -2.30. The number of rotatable bonds is 9. The van der Waals surface area contributed by atoms with E-state index in [1.54, 1.807) is 6.20 Å². The monoisotopic (exact) mass is 554 g/mol. The smallest absolute Gasteiger partial charge is 0.196 e. The van der Waals surface area contributed by atoms with Crippen LogP contribution in [0.1, 0.15) is 45.7 Å². The second kappa shape index (κ2) is 13.7. The Hall–Kier alpha value is -1.81. The number of aliphatic imine (C=N–C) groups is 1. The van der Waals surface area contributed by atoms with Crippen LogP contribution in [0, 0.1) is 5.92 Å². The van der Waals surface area contributed by atoms with E-state index in [4.69, 9.17) is 9.73 Å². The standard InChI is InChI=1S/C24H38N6O.HI/c1-19(2)31-23-8-6-21(7-9-23)28-24(26-18-22-10-14-27-29(22)4)25-13-5-15-30-16-11-20(3)12-17-30;/h6-10,14,19-20H,5,11-13,15-18H2,1-4H3,(H2,25,26,28);1H. The fourth-order valence-electron chi connectivity index (χ4n) is 3.68. The highest BCUT2D eigenvalue weighted by Gasteiger charge is 2.14. The number of piperidine rings is 1. The van der Waals surface area contributed by atoms with E-state index in [0.717, 1.165) is 48.5 Å². The fraction of sp³-hybridized carbons (Fsp3) is 0.583. The molecule has 2 heterocycles. The highest BCUT2D eigenvalue weighted by atomic mass is 127. The molecule has 0 saturated carbocycles. The molecule has 0 atom stereocenters. The molecule has 7 nitrogen and oxygen atoms in total. The minimum atomic E-state index is 0. The highest BCUT2D eigenvalue weighted by Crippen LogP contribution is 2.17. The Morgan fingerprint density at radius 3 is 2.53 bits per heavy atom. The first-order valence-corrected chi connectivity index (χ1v) is 11.5. The van der Waals surface area contributed by atoms with Crippen LogP contribution < -0.4 is 15.4 Å². The zero-order chi connectivity index (χ0) is 22.1. The van der Waals surface area contributed by atoms with Gasteiger partial charge in [-0.1, -0.05) is 6.92 Å². The van der Waals surface area contributed by atoms with Gasteiger partial charge in [-0.25, -0.2) is 4.99 Å². The molecule has 1 aromatic carbocycles. The van der Waals surface area contributed by atoms with E-state index in [-0.39, 0.29) is 30.1 Å². The predicted molar refractivity (Wildman–Crippen MR) is 143 cm³/mol. The van der Waals surface area contributed by atoms with Crippen molar-refractivity contribution in [2.24, 2.45) is 18.0 Å². The molecule has 1 aliphatic heterocycles. The number of ether oxygens (including phenoxy) is 1. The second-order valence-corrected chi connectivity index (χ2v) is 8.73. The summed E-state index contributed by atoms with van der Waals surface area (Å²) in [5.74, 6) is 2.53. The van der Waals surface area contributed by atoms with Crippen LogP contribution in [0.25, 0.3) is 0 Å². The zero-order valence-electron chi connectivity index (χ0n) is 19.9. The number of nitrogens with zero attached hydrogens (tertiary/aromatic N) is 4. The lowest BCUT2D eigenvalue weighted by molar-refractivity contribution is 0.191. The zero-order valence-corrected chi connectivity index (χ0v) is 22.2. The minimum Gasteiger partial charge on any atom is -0.491 e. The third-order valence-electron chi connectivity index (χ3n) is 5.63. The van der Waals surface area contributed by atoms with Gasteiger partial charge in [0.2, 0.25) is 0 Å². The molecule has 2 N–H and O–H groups in total. The lowest BCUT2D eigenvalue weighted by atomic mass is 9.99. The van der Waals surface area contributed by atoms with Crippen LogP contribution in [0.4, 0.5) is 5.69 Å². The molecule has 1 aliphatic rings. The second-order valence-electron chi connectivity index (χ2n) is 8.73. The number of halogens is 1. The summed E-state index contributed by atoms with van der Waals surface area (Å²) in [4.78, 5) is 7.35. The number of nitrogens with one attached hydrogen (secondary N) is 2. The van der Waals surface area contributed by atoms with E-state index in [2.05, 4.69) is 27.6 Å². The number of likely N-dealkylation sites (tertiary alicyclic amines) is 1. The molecule has 0 radical (unpaired) electrons. The molecular formula is C24H39IN6O. The summed E-state index contributed by atoms with van der Waals surface area (Å²) in [6.45, 7) is 11.5. The Labute approximate surface area is 210 Å². The van der Waals surface area contributed by atoms with Crippen molar-refractivity contribution >= 4 is 35.6 Å². The summed E-state index contributed by atoms with van der Waals surface area (Å²) in [5, 5.41) is 11.2. The Morgan fingerprint density at radius 2 is 1.91 bits per heavy atom. The first-order valence-electron chi connectivity index (χ1n) is 11.5. The van der Waals surface area contributed by atoms with Gasteiger partial charge in [-0.2, -0.15) is 5.10 Å².